The van der Waals surface area contributed by atoms with Crippen molar-refractivity contribution in [3.05, 3.63) is 84.3 Å². The normalized spacial score (nSPS) is 11.5. The van der Waals surface area contributed by atoms with Crippen LogP contribution in [0.2, 0.25) is 0 Å². The standard InChI is InChI=1S/C22H17F3N4O2/c23-22(24,25)16-4-3-5-17(10-16)31-13-21(30)27-12-15-8-9-20(26-11-15)29-14-28-18-6-1-2-7-19(18)29/h1-11,14H,12-13H2,(H,27,30). The molecule has 0 radical (unpaired) electrons. The summed E-state index contributed by atoms with van der Waals surface area (Å²) >= 11 is 0. The molecule has 0 aliphatic heterocycles. The number of hydrogen-bond acceptors (Lipinski definition) is 4. The van der Waals surface area contributed by atoms with Gasteiger partial charge in [-0.3, -0.25) is 9.36 Å². The summed E-state index contributed by atoms with van der Waals surface area (Å²) < 4.78 is 45.2. The highest BCUT2D eigenvalue weighted by atomic mass is 19.4. The highest BCUT2D eigenvalue weighted by Gasteiger charge is 2.30. The zero-order valence-corrected chi connectivity index (χ0v) is 16.1. The second kappa shape index (κ2) is 8.47. The molecule has 2 heterocycles. The predicted molar refractivity (Wildman–Crippen MR) is 108 cm³/mol. The van der Waals surface area contributed by atoms with E-state index < -0.39 is 24.3 Å². The third kappa shape index (κ3) is 4.82. The molecule has 1 N–H and O–H groups in total. The SMILES string of the molecule is O=C(COc1cccc(C(F)(F)F)c1)NCc1ccc(-n2cnc3ccccc32)nc1. The molecule has 2 aromatic heterocycles. The van der Waals surface area contributed by atoms with Crippen LogP contribution in [0.25, 0.3) is 16.9 Å². The Bertz CT molecular complexity index is 1200. The van der Waals surface area contributed by atoms with E-state index in [1.54, 1.807) is 12.5 Å². The van der Waals surface area contributed by atoms with Gasteiger partial charge in [-0.15, -0.1) is 0 Å². The van der Waals surface area contributed by atoms with E-state index in [2.05, 4.69) is 15.3 Å². The number of halogens is 3. The van der Waals surface area contributed by atoms with Crippen molar-refractivity contribution in [3.8, 4) is 11.6 Å². The molecule has 4 rings (SSSR count). The summed E-state index contributed by atoms with van der Waals surface area (Å²) in [5.74, 6) is 0.210. The molecular weight excluding hydrogens is 409 g/mol. The molecule has 9 heteroatoms. The predicted octanol–water partition coefficient (Wildman–Crippen LogP) is 4.13. The molecule has 4 aromatic rings. The summed E-state index contributed by atoms with van der Waals surface area (Å²) in [6.45, 7) is -0.184. The Balaban J connectivity index is 1.32. The zero-order chi connectivity index (χ0) is 21.8. The molecule has 31 heavy (non-hydrogen) atoms. The van der Waals surface area contributed by atoms with Gasteiger partial charge in [0.2, 0.25) is 0 Å². The summed E-state index contributed by atoms with van der Waals surface area (Å²) in [6.07, 6.45) is -1.14. The fourth-order valence-corrected chi connectivity index (χ4v) is 2.97. The highest BCUT2D eigenvalue weighted by Crippen LogP contribution is 2.31. The third-order valence-electron chi connectivity index (χ3n) is 4.53. The molecule has 0 saturated carbocycles. The Morgan fingerprint density at radius 3 is 2.65 bits per heavy atom. The largest absolute Gasteiger partial charge is 0.484 e. The number of nitrogens with one attached hydrogen (secondary N) is 1. The summed E-state index contributed by atoms with van der Waals surface area (Å²) in [4.78, 5) is 20.7. The van der Waals surface area contributed by atoms with Crippen LogP contribution in [-0.2, 0) is 17.5 Å². The van der Waals surface area contributed by atoms with Gasteiger partial charge in [0.25, 0.3) is 5.91 Å². The van der Waals surface area contributed by atoms with Crippen LogP contribution >= 0.6 is 0 Å². The van der Waals surface area contributed by atoms with Gasteiger partial charge >= 0.3 is 6.18 Å². The smallest absolute Gasteiger partial charge is 0.416 e. The van der Waals surface area contributed by atoms with E-state index in [0.717, 1.165) is 28.7 Å². The molecule has 0 aliphatic carbocycles. The minimum atomic E-state index is -4.47. The Morgan fingerprint density at radius 1 is 1.03 bits per heavy atom. The number of alkyl halides is 3. The Hall–Kier alpha value is -3.88. The number of fused-ring (bicyclic) bond motifs is 1. The van der Waals surface area contributed by atoms with E-state index in [4.69, 9.17) is 4.74 Å². The molecule has 0 aliphatic rings. The summed E-state index contributed by atoms with van der Waals surface area (Å²) in [5, 5.41) is 2.65. The van der Waals surface area contributed by atoms with E-state index in [1.165, 1.54) is 12.1 Å². The van der Waals surface area contributed by atoms with Crippen LogP contribution in [0.3, 0.4) is 0 Å². The first-order valence-corrected chi connectivity index (χ1v) is 9.34. The molecule has 1 amide bonds. The first-order chi connectivity index (χ1) is 14.9. The van der Waals surface area contributed by atoms with Crippen molar-refractivity contribution in [2.75, 3.05) is 6.61 Å². The number of rotatable bonds is 6. The molecule has 158 valence electrons. The number of amides is 1. The molecule has 0 bridgehead atoms. The fourth-order valence-electron chi connectivity index (χ4n) is 2.97. The van der Waals surface area contributed by atoms with Crippen LogP contribution in [0.4, 0.5) is 13.2 Å². The van der Waals surface area contributed by atoms with Crippen molar-refractivity contribution in [1.82, 2.24) is 19.9 Å². The van der Waals surface area contributed by atoms with Gasteiger partial charge in [-0.1, -0.05) is 24.3 Å². The fraction of sp³-hybridized carbons (Fsp3) is 0.136. The van der Waals surface area contributed by atoms with Crippen molar-refractivity contribution in [3.63, 3.8) is 0 Å². The van der Waals surface area contributed by atoms with Gasteiger partial charge in [-0.25, -0.2) is 9.97 Å². The maximum Gasteiger partial charge on any atom is 0.416 e. The Labute approximate surface area is 175 Å². The van der Waals surface area contributed by atoms with E-state index in [0.29, 0.717) is 5.82 Å². The minimum absolute atomic E-state index is 0.0245. The van der Waals surface area contributed by atoms with Crippen molar-refractivity contribution in [2.45, 2.75) is 12.7 Å². The van der Waals surface area contributed by atoms with Crippen LogP contribution in [0.5, 0.6) is 5.75 Å². The molecule has 0 spiro atoms. The van der Waals surface area contributed by atoms with Crippen molar-refractivity contribution in [1.29, 1.82) is 0 Å². The van der Waals surface area contributed by atoms with Crippen molar-refractivity contribution in [2.24, 2.45) is 0 Å². The van der Waals surface area contributed by atoms with Gasteiger partial charge in [0.1, 0.15) is 17.9 Å². The lowest BCUT2D eigenvalue weighted by molar-refractivity contribution is -0.137. The lowest BCUT2D eigenvalue weighted by Gasteiger charge is -2.10. The first kappa shape index (κ1) is 20.4. The van der Waals surface area contributed by atoms with Gasteiger partial charge < -0.3 is 10.1 Å². The van der Waals surface area contributed by atoms with Crippen LogP contribution in [0.15, 0.2) is 73.2 Å². The number of hydrogen-bond donors (Lipinski definition) is 1. The second-order valence-electron chi connectivity index (χ2n) is 6.72. The van der Waals surface area contributed by atoms with Crippen LogP contribution in [-0.4, -0.2) is 27.0 Å². The van der Waals surface area contributed by atoms with E-state index in [-0.39, 0.29) is 12.3 Å². The Kier molecular flexibility index (Phi) is 5.57. The number of carbonyl (C=O) groups excluding carboxylic acids is 1. The third-order valence-corrected chi connectivity index (χ3v) is 4.53. The minimum Gasteiger partial charge on any atom is -0.484 e. The van der Waals surface area contributed by atoms with Gasteiger partial charge in [-0.05, 0) is 42.0 Å². The average molecular weight is 426 g/mol. The van der Waals surface area contributed by atoms with E-state index >= 15 is 0 Å². The van der Waals surface area contributed by atoms with Crippen LogP contribution in [0, 0.1) is 0 Å². The second-order valence-corrected chi connectivity index (χ2v) is 6.72. The number of imidazole rings is 1. The maximum atomic E-state index is 12.7. The lowest BCUT2D eigenvalue weighted by Crippen LogP contribution is -2.28. The molecule has 6 nitrogen and oxygen atoms in total. The number of aromatic nitrogens is 3. The number of ether oxygens (including phenoxy) is 1. The molecule has 0 fully saturated rings. The van der Waals surface area contributed by atoms with Gasteiger partial charge in [0.05, 0.1) is 16.6 Å². The van der Waals surface area contributed by atoms with Crippen molar-refractivity contribution >= 4 is 16.9 Å². The molecular formula is C22H17F3N4O2. The summed E-state index contributed by atoms with van der Waals surface area (Å²) in [5.41, 5.74) is 1.73. The number of para-hydroxylation sites is 2. The van der Waals surface area contributed by atoms with Crippen molar-refractivity contribution < 1.29 is 22.7 Å². The van der Waals surface area contributed by atoms with Gasteiger partial charge in [0, 0.05) is 12.7 Å². The number of nitrogens with zero attached hydrogens (tertiary/aromatic N) is 3. The van der Waals surface area contributed by atoms with E-state index in [9.17, 15) is 18.0 Å². The lowest BCUT2D eigenvalue weighted by atomic mass is 10.2. The topological polar surface area (TPSA) is 69.0 Å². The number of benzene rings is 2. The quantitative estimate of drug-likeness (QED) is 0.503. The zero-order valence-electron chi connectivity index (χ0n) is 16.1. The summed E-state index contributed by atoms with van der Waals surface area (Å²) in [6, 6.07) is 15.7. The monoisotopic (exact) mass is 426 g/mol. The Morgan fingerprint density at radius 2 is 1.87 bits per heavy atom. The average Bonchev–Trinajstić information content (AvgIpc) is 3.20. The number of pyridine rings is 1. The van der Waals surface area contributed by atoms with Gasteiger partial charge in [0.15, 0.2) is 6.61 Å². The molecule has 0 atom stereocenters. The summed E-state index contributed by atoms with van der Waals surface area (Å²) in [7, 11) is 0. The van der Waals surface area contributed by atoms with Crippen LogP contribution in [0.1, 0.15) is 11.1 Å². The maximum absolute atomic E-state index is 12.7. The molecule has 0 saturated heterocycles. The first-order valence-electron chi connectivity index (χ1n) is 9.34. The van der Waals surface area contributed by atoms with Gasteiger partial charge in [-0.2, -0.15) is 13.2 Å². The highest BCUT2D eigenvalue weighted by molar-refractivity contribution is 5.77. The molecule has 2 aromatic carbocycles. The van der Waals surface area contributed by atoms with Crippen LogP contribution < -0.4 is 10.1 Å². The van der Waals surface area contributed by atoms with E-state index in [1.807, 2.05) is 41.0 Å². The number of carbonyl (C=O) groups is 1. The molecule has 0 unspecified atom stereocenters.